The Hall–Kier alpha value is -3.12. The van der Waals surface area contributed by atoms with Gasteiger partial charge in [-0.15, -0.1) is 0 Å². The predicted octanol–water partition coefficient (Wildman–Crippen LogP) is 5.38. The Kier molecular flexibility index (Phi) is 3.77. The molecule has 26 heavy (non-hydrogen) atoms. The summed E-state index contributed by atoms with van der Waals surface area (Å²) >= 11 is 0. The van der Waals surface area contributed by atoms with Crippen LogP contribution in [0.2, 0.25) is 0 Å². The zero-order valence-electron chi connectivity index (χ0n) is 15.5. The van der Waals surface area contributed by atoms with Gasteiger partial charge in [0.05, 0.1) is 17.2 Å². The van der Waals surface area contributed by atoms with Crippen molar-refractivity contribution < 1.29 is 8.98 Å². The summed E-state index contributed by atoms with van der Waals surface area (Å²) in [6, 6.07) is 16.8. The largest absolute Gasteiger partial charge is 0.456 e. The summed E-state index contributed by atoms with van der Waals surface area (Å²) < 4.78 is 8.29. The zero-order chi connectivity index (χ0) is 18.4. The third kappa shape index (κ3) is 2.46. The van der Waals surface area contributed by atoms with Crippen molar-refractivity contribution in [3.05, 3.63) is 65.4 Å². The topological polar surface area (TPSA) is 40.8 Å². The first kappa shape index (κ1) is 16.4. The van der Waals surface area contributed by atoms with E-state index in [-0.39, 0.29) is 0 Å². The van der Waals surface area contributed by atoms with E-state index in [0.29, 0.717) is 11.5 Å². The molecule has 0 atom stereocenters. The van der Waals surface area contributed by atoms with Crippen molar-refractivity contribution >= 4 is 21.9 Å². The van der Waals surface area contributed by atoms with Crippen LogP contribution in [0.25, 0.3) is 33.2 Å². The SMILES string of the molecule is Cc1cc2c(cc1-c1cccc[n+]1C)oc1cc(C(C)C)cc(C#N)c12. The second-order valence-corrected chi connectivity index (χ2v) is 7.17. The summed E-state index contributed by atoms with van der Waals surface area (Å²) in [5.41, 5.74) is 6.86. The number of hydrogen-bond donors (Lipinski definition) is 0. The number of furan rings is 1. The summed E-state index contributed by atoms with van der Waals surface area (Å²) in [5.74, 6) is 0.348. The fourth-order valence-electron chi connectivity index (χ4n) is 3.58. The minimum absolute atomic E-state index is 0.348. The summed E-state index contributed by atoms with van der Waals surface area (Å²) in [6.07, 6.45) is 2.04. The van der Waals surface area contributed by atoms with Crippen LogP contribution >= 0.6 is 0 Å². The van der Waals surface area contributed by atoms with E-state index in [2.05, 4.69) is 55.7 Å². The Balaban J connectivity index is 2.05. The summed E-state index contributed by atoms with van der Waals surface area (Å²) in [5, 5.41) is 11.6. The molecule has 0 amide bonds. The third-order valence-corrected chi connectivity index (χ3v) is 5.06. The van der Waals surface area contributed by atoms with E-state index in [1.54, 1.807) is 0 Å². The van der Waals surface area contributed by atoms with E-state index in [9.17, 15) is 5.26 Å². The molecule has 2 aromatic heterocycles. The van der Waals surface area contributed by atoms with Gasteiger partial charge in [-0.3, -0.25) is 0 Å². The van der Waals surface area contributed by atoms with E-state index in [1.165, 1.54) is 5.56 Å². The van der Waals surface area contributed by atoms with Gasteiger partial charge < -0.3 is 4.42 Å². The van der Waals surface area contributed by atoms with Crippen molar-refractivity contribution in [3.63, 3.8) is 0 Å². The first-order chi connectivity index (χ1) is 12.5. The highest BCUT2D eigenvalue weighted by Gasteiger charge is 2.18. The molecule has 0 aliphatic carbocycles. The lowest BCUT2D eigenvalue weighted by Crippen LogP contribution is -2.30. The Bertz CT molecular complexity index is 1190. The average molecular weight is 341 g/mol. The summed E-state index contributed by atoms with van der Waals surface area (Å²) in [7, 11) is 2.04. The second-order valence-electron chi connectivity index (χ2n) is 7.17. The number of aromatic nitrogens is 1. The van der Waals surface area contributed by atoms with E-state index in [0.717, 1.165) is 38.8 Å². The second kappa shape index (κ2) is 6.00. The van der Waals surface area contributed by atoms with Crippen molar-refractivity contribution in [2.24, 2.45) is 7.05 Å². The first-order valence-electron chi connectivity index (χ1n) is 8.85. The Morgan fingerprint density at radius 2 is 1.88 bits per heavy atom. The molecule has 0 spiro atoms. The number of nitrogens with zero attached hydrogens (tertiary/aromatic N) is 2. The number of benzene rings is 2. The van der Waals surface area contributed by atoms with Crippen LogP contribution in [-0.4, -0.2) is 0 Å². The van der Waals surface area contributed by atoms with Crippen LogP contribution in [0.1, 0.15) is 36.5 Å². The number of pyridine rings is 1. The van der Waals surface area contributed by atoms with Crippen LogP contribution < -0.4 is 4.57 Å². The molecule has 0 N–H and O–H groups in total. The lowest BCUT2D eigenvalue weighted by molar-refractivity contribution is -0.660. The minimum Gasteiger partial charge on any atom is -0.456 e. The molecule has 0 unspecified atom stereocenters. The molecule has 4 rings (SSSR count). The van der Waals surface area contributed by atoms with Crippen molar-refractivity contribution in [2.45, 2.75) is 26.7 Å². The van der Waals surface area contributed by atoms with E-state index in [1.807, 2.05) is 31.4 Å². The fourth-order valence-corrected chi connectivity index (χ4v) is 3.58. The number of hydrogen-bond acceptors (Lipinski definition) is 2. The van der Waals surface area contributed by atoms with Crippen molar-refractivity contribution in [1.29, 1.82) is 5.26 Å². The number of fused-ring (bicyclic) bond motifs is 3. The lowest BCUT2D eigenvalue weighted by atomic mass is 9.96. The Morgan fingerprint density at radius 1 is 1.08 bits per heavy atom. The molecule has 0 aliphatic heterocycles. The Morgan fingerprint density at radius 3 is 2.58 bits per heavy atom. The molecule has 3 nitrogen and oxygen atoms in total. The molecule has 0 saturated carbocycles. The van der Waals surface area contributed by atoms with Crippen molar-refractivity contribution in [3.8, 4) is 17.3 Å². The highest BCUT2D eigenvalue weighted by molar-refractivity contribution is 6.09. The van der Waals surface area contributed by atoms with Crippen LogP contribution in [0, 0.1) is 18.3 Å². The normalized spacial score (nSPS) is 11.4. The molecule has 2 aromatic carbocycles. The number of nitriles is 1. The van der Waals surface area contributed by atoms with Gasteiger partial charge >= 0.3 is 0 Å². The van der Waals surface area contributed by atoms with Gasteiger partial charge in [0.2, 0.25) is 5.69 Å². The molecule has 0 fully saturated rings. The van der Waals surface area contributed by atoms with E-state index in [4.69, 9.17) is 4.42 Å². The van der Waals surface area contributed by atoms with Crippen LogP contribution in [0.15, 0.2) is 53.1 Å². The molecular weight excluding hydrogens is 320 g/mol. The van der Waals surface area contributed by atoms with Gasteiger partial charge in [-0.25, -0.2) is 4.57 Å². The molecule has 2 heterocycles. The maximum absolute atomic E-state index is 9.66. The maximum atomic E-state index is 9.66. The Labute approximate surface area is 153 Å². The van der Waals surface area contributed by atoms with Crippen molar-refractivity contribution in [1.82, 2.24) is 0 Å². The molecule has 0 aliphatic rings. The first-order valence-corrected chi connectivity index (χ1v) is 8.85. The quantitative estimate of drug-likeness (QED) is 0.459. The van der Waals surface area contributed by atoms with Crippen LogP contribution in [0.4, 0.5) is 0 Å². The monoisotopic (exact) mass is 341 g/mol. The molecule has 0 saturated heterocycles. The average Bonchev–Trinajstić information content (AvgIpc) is 2.98. The minimum atomic E-state index is 0.348. The fraction of sp³-hybridized carbons (Fsp3) is 0.217. The van der Waals surface area contributed by atoms with Crippen LogP contribution in [-0.2, 0) is 7.05 Å². The smallest absolute Gasteiger partial charge is 0.212 e. The summed E-state index contributed by atoms with van der Waals surface area (Å²) in [6.45, 7) is 6.36. The molecule has 4 aromatic rings. The van der Waals surface area contributed by atoms with Gasteiger partial charge in [-0.1, -0.05) is 13.8 Å². The molecule has 3 heteroatoms. The number of rotatable bonds is 2. The molecule has 0 bridgehead atoms. The van der Waals surface area contributed by atoms with E-state index < -0.39 is 0 Å². The molecule has 0 radical (unpaired) electrons. The molecular formula is C23H21N2O+. The third-order valence-electron chi connectivity index (χ3n) is 5.06. The standard InChI is InChI=1S/C23H21N2O/c1-14(2)16-10-17(13-24)23-19-9-15(3)18(12-21(19)26-22(23)11-16)20-7-5-6-8-25(20)4/h5-12,14H,1-4H3/q+1. The number of aryl methyl sites for hydroxylation is 2. The lowest BCUT2D eigenvalue weighted by Gasteiger charge is -2.06. The van der Waals surface area contributed by atoms with Gasteiger partial charge in [-0.2, -0.15) is 5.26 Å². The van der Waals surface area contributed by atoms with Gasteiger partial charge in [0.1, 0.15) is 18.2 Å². The van der Waals surface area contributed by atoms with Gasteiger partial charge in [0.15, 0.2) is 6.20 Å². The van der Waals surface area contributed by atoms with Crippen LogP contribution in [0.3, 0.4) is 0 Å². The van der Waals surface area contributed by atoms with Gasteiger partial charge in [0, 0.05) is 22.9 Å². The van der Waals surface area contributed by atoms with Gasteiger partial charge in [0.25, 0.3) is 0 Å². The zero-order valence-corrected chi connectivity index (χ0v) is 15.5. The summed E-state index contributed by atoms with van der Waals surface area (Å²) in [4.78, 5) is 0. The predicted molar refractivity (Wildman–Crippen MR) is 104 cm³/mol. The molecule has 128 valence electrons. The maximum Gasteiger partial charge on any atom is 0.212 e. The highest BCUT2D eigenvalue weighted by Crippen LogP contribution is 2.36. The highest BCUT2D eigenvalue weighted by atomic mass is 16.3. The van der Waals surface area contributed by atoms with Crippen molar-refractivity contribution in [2.75, 3.05) is 0 Å². The van der Waals surface area contributed by atoms with Crippen LogP contribution in [0.5, 0.6) is 0 Å². The van der Waals surface area contributed by atoms with Gasteiger partial charge in [-0.05, 0) is 54.3 Å². The van der Waals surface area contributed by atoms with E-state index >= 15 is 0 Å².